The lowest BCUT2D eigenvalue weighted by Crippen LogP contribution is -2.08. The smallest absolute Gasteiger partial charge is 0.166 e. The number of aliphatic hydroxyl groups is 1. The van der Waals surface area contributed by atoms with Crippen LogP contribution in [0.3, 0.4) is 0 Å². The summed E-state index contributed by atoms with van der Waals surface area (Å²) >= 11 is 0. The second kappa shape index (κ2) is 4.98. The van der Waals surface area contributed by atoms with Crippen molar-refractivity contribution >= 4 is 5.78 Å². The highest BCUT2D eigenvalue weighted by Gasteiger charge is 2.47. The molecular formula is C17H16O2. The van der Waals surface area contributed by atoms with Gasteiger partial charge in [0.15, 0.2) is 5.78 Å². The highest BCUT2D eigenvalue weighted by molar-refractivity contribution is 5.99. The van der Waals surface area contributed by atoms with E-state index in [9.17, 15) is 9.90 Å². The number of carbonyl (C=O) groups is 1. The minimum absolute atomic E-state index is 0.0300. The van der Waals surface area contributed by atoms with E-state index in [1.165, 1.54) is 0 Å². The maximum Gasteiger partial charge on any atom is 0.166 e. The molecule has 0 radical (unpaired) electrons. The topological polar surface area (TPSA) is 37.3 Å². The molecule has 0 unspecified atom stereocenters. The fourth-order valence-electron chi connectivity index (χ4n) is 2.58. The molecule has 1 aliphatic carbocycles. The lowest BCUT2D eigenvalue weighted by atomic mass is 10.0. The Kier molecular flexibility index (Phi) is 3.18. The fourth-order valence-corrected chi connectivity index (χ4v) is 2.58. The van der Waals surface area contributed by atoms with Crippen molar-refractivity contribution in [3.05, 3.63) is 71.8 Å². The third kappa shape index (κ3) is 2.45. The van der Waals surface area contributed by atoms with Crippen molar-refractivity contribution < 1.29 is 9.90 Å². The average molecular weight is 252 g/mol. The monoisotopic (exact) mass is 252 g/mol. The average Bonchev–Trinajstić information content (AvgIpc) is 3.28. The van der Waals surface area contributed by atoms with Crippen LogP contribution in [0.15, 0.2) is 60.7 Å². The summed E-state index contributed by atoms with van der Waals surface area (Å²) in [7, 11) is 0. The summed E-state index contributed by atoms with van der Waals surface area (Å²) in [4.78, 5) is 12.2. The normalized spacial score (nSPS) is 22.8. The van der Waals surface area contributed by atoms with Crippen molar-refractivity contribution in [1.29, 1.82) is 0 Å². The van der Waals surface area contributed by atoms with E-state index in [1.54, 1.807) is 0 Å². The van der Waals surface area contributed by atoms with Crippen LogP contribution in [-0.4, -0.2) is 10.9 Å². The van der Waals surface area contributed by atoms with Gasteiger partial charge in [-0.05, 0) is 17.9 Å². The molecule has 1 aliphatic rings. The van der Waals surface area contributed by atoms with Gasteiger partial charge in [-0.25, -0.2) is 0 Å². The van der Waals surface area contributed by atoms with Gasteiger partial charge < -0.3 is 5.11 Å². The minimum atomic E-state index is -0.529. The van der Waals surface area contributed by atoms with Crippen LogP contribution >= 0.6 is 0 Å². The highest BCUT2D eigenvalue weighted by atomic mass is 16.3. The number of aliphatic hydroxyl groups excluding tert-OH is 1. The number of hydrogen-bond donors (Lipinski definition) is 1. The van der Waals surface area contributed by atoms with Crippen molar-refractivity contribution in [1.82, 2.24) is 0 Å². The van der Waals surface area contributed by atoms with Gasteiger partial charge in [0.25, 0.3) is 0 Å². The quantitative estimate of drug-likeness (QED) is 0.848. The van der Waals surface area contributed by atoms with E-state index in [-0.39, 0.29) is 17.6 Å². The Morgan fingerprint density at radius 3 is 2.21 bits per heavy atom. The fraction of sp³-hybridized carbons (Fsp3) is 0.235. The van der Waals surface area contributed by atoms with Crippen molar-refractivity contribution in [2.75, 3.05) is 0 Å². The standard InChI is InChI=1S/C17H16O2/c18-16(12-7-3-1-4-8-12)14-11-15(14)17(19)13-9-5-2-6-10-13/h1-10,14-16,18H,11H2/t14-,15-,16-/m0/s1. The molecule has 0 spiro atoms. The zero-order chi connectivity index (χ0) is 13.2. The van der Waals surface area contributed by atoms with Gasteiger partial charge in [0, 0.05) is 11.5 Å². The molecule has 0 amide bonds. The molecular weight excluding hydrogens is 236 g/mol. The molecule has 0 aliphatic heterocycles. The summed E-state index contributed by atoms with van der Waals surface area (Å²) in [6, 6.07) is 18.9. The predicted molar refractivity (Wildman–Crippen MR) is 73.8 cm³/mol. The Balaban J connectivity index is 1.70. The first kappa shape index (κ1) is 12.1. The second-order valence-electron chi connectivity index (χ2n) is 5.09. The number of hydrogen-bond acceptors (Lipinski definition) is 2. The van der Waals surface area contributed by atoms with Crippen molar-refractivity contribution in [3.63, 3.8) is 0 Å². The van der Waals surface area contributed by atoms with Crippen molar-refractivity contribution in [2.24, 2.45) is 11.8 Å². The number of Topliss-reactive ketones (excluding diaryl/α,β-unsaturated/α-hetero) is 1. The van der Waals surface area contributed by atoms with Gasteiger partial charge in [0.1, 0.15) is 0 Å². The van der Waals surface area contributed by atoms with E-state index in [4.69, 9.17) is 0 Å². The second-order valence-corrected chi connectivity index (χ2v) is 5.09. The summed E-state index contributed by atoms with van der Waals surface area (Å²) in [6.45, 7) is 0. The molecule has 2 aromatic carbocycles. The summed E-state index contributed by atoms with van der Waals surface area (Å²) in [5.74, 6) is 0.188. The Hall–Kier alpha value is -1.93. The first-order valence-corrected chi connectivity index (χ1v) is 6.59. The van der Waals surface area contributed by atoms with E-state index >= 15 is 0 Å². The van der Waals surface area contributed by atoms with E-state index < -0.39 is 6.10 Å². The van der Waals surface area contributed by atoms with Gasteiger partial charge in [0.2, 0.25) is 0 Å². The van der Waals surface area contributed by atoms with Crippen molar-refractivity contribution in [2.45, 2.75) is 12.5 Å². The summed E-state index contributed by atoms with van der Waals surface area (Å²) < 4.78 is 0. The molecule has 2 heteroatoms. The Labute approximate surface area is 112 Å². The van der Waals surface area contributed by atoms with Crippen LogP contribution in [0.1, 0.15) is 28.4 Å². The lowest BCUT2D eigenvalue weighted by Gasteiger charge is -2.10. The van der Waals surface area contributed by atoms with E-state index in [2.05, 4.69) is 0 Å². The molecule has 3 atom stereocenters. The summed E-state index contributed by atoms with van der Waals surface area (Å²) in [5, 5.41) is 10.3. The van der Waals surface area contributed by atoms with Gasteiger partial charge in [-0.1, -0.05) is 60.7 Å². The minimum Gasteiger partial charge on any atom is -0.388 e. The first-order chi connectivity index (χ1) is 9.27. The molecule has 1 fully saturated rings. The zero-order valence-corrected chi connectivity index (χ0v) is 10.6. The number of ketones is 1. The van der Waals surface area contributed by atoms with Gasteiger partial charge in [-0.15, -0.1) is 0 Å². The molecule has 0 bridgehead atoms. The molecule has 1 N–H and O–H groups in total. The maximum absolute atomic E-state index is 12.2. The van der Waals surface area contributed by atoms with Gasteiger partial charge in [0.05, 0.1) is 6.10 Å². The predicted octanol–water partition coefficient (Wildman–Crippen LogP) is 3.24. The third-order valence-corrected chi connectivity index (χ3v) is 3.78. The molecule has 0 heterocycles. The van der Waals surface area contributed by atoms with Crippen molar-refractivity contribution in [3.8, 4) is 0 Å². The Bertz CT molecular complexity index is 562. The molecule has 2 aromatic rings. The van der Waals surface area contributed by atoms with Gasteiger partial charge in [-0.2, -0.15) is 0 Å². The molecule has 19 heavy (non-hydrogen) atoms. The zero-order valence-electron chi connectivity index (χ0n) is 10.6. The number of rotatable bonds is 4. The van der Waals surface area contributed by atoms with Crippen LogP contribution in [0, 0.1) is 11.8 Å². The largest absolute Gasteiger partial charge is 0.388 e. The molecule has 0 saturated heterocycles. The van der Waals surface area contributed by atoms with E-state index in [1.807, 2.05) is 60.7 Å². The van der Waals surface area contributed by atoms with Gasteiger partial charge >= 0.3 is 0 Å². The van der Waals surface area contributed by atoms with Crippen LogP contribution in [0.4, 0.5) is 0 Å². The lowest BCUT2D eigenvalue weighted by molar-refractivity contribution is 0.0922. The van der Waals surface area contributed by atoms with E-state index in [0.717, 1.165) is 17.5 Å². The Morgan fingerprint density at radius 1 is 1.00 bits per heavy atom. The molecule has 1 saturated carbocycles. The SMILES string of the molecule is O=C(c1ccccc1)[C@H]1C[C@@H]1[C@@H](O)c1ccccc1. The summed E-state index contributed by atoms with van der Waals surface area (Å²) in [6.07, 6.45) is 0.253. The maximum atomic E-state index is 12.2. The van der Waals surface area contributed by atoms with Crippen LogP contribution in [0.5, 0.6) is 0 Å². The molecule has 3 rings (SSSR count). The number of carbonyl (C=O) groups excluding carboxylic acids is 1. The van der Waals surface area contributed by atoms with Crippen LogP contribution in [0.2, 0.25) is 0 Å². The van der Waals surface area contributed by atoms with Crippen LogP contribution < -0.4 is 0 Å². The third-order valence-electron chi connectivity index (χ3n) is 3.78. The Morgan fingerprint density at radius 2 is 1.58 bits per heavy atom. The van der Waals surface area contributed by atoms with E-state index in [0.29, 0.717) is 0 Å². The molecule has 2 nitrogen and oxygen atoms in total. The molecule has 96 valence electrons. The van der Waals surface area contributed by atoms with Crippen LogP contribution in [0.25, 0.3) is 0 Å². The van der Waals surface area contributed by atoms with Crippen LogP contribution in [-0.2, 0) is 0 Å². The van der Waals surface area contributed by atoms with Gasteiger partial charge in [-0.3, -0.25) is 4.79 Å². The summed E-state index contributed by atoms with van der Waals surface area (Å²) in [5.41, 5.74) is 1.64. The number of benzene rings is 2. The highest BCUT2D eigenvalue weighted by Crippen LogP contribution is 2.48. The molecule has 0 aromatic heterocycles. The first-order valence-electron chi connectivity index (χ1n) is 6.59.